The second-order valence-corrected chi connectivity index (χ2v) is 7.87. The van der Waals surface area contributed by atoms with Gasteiger partial charge in [0, 0.05) is 5.71 Å². The van der Waals surface area contributed by atoms with Gasteiger partial charge in [0.25, 0.3) is 5.91 Å². The van der Waals surface area contributed by atoms with Crippen LogP contribution in [0.15, 0.2) is 70.0 Å². The first-order valence-electron chi connectivity index (χ1n) is 9.96. The summed E-state index contributed by atoms with van der Waals surface area (Å²) in [5, 5.41) is 4.93. The SMILES string of the molecule is CCC1=Nc2ccccc2N=C(NC(=O)c2cccs2)[C@@H]1c1ccc(OC)c(OC)c1. The van der Waals surface area contributed by atoms with E-state index in [1.54, 1.807) is 20.3 Å². The smallest absolute Gasteiger partial charge is 0.266 e. The number of hydrogen-bond donors (Lipinski definition) is 1. The van der Waals surface area contributed by atoms with Crippen LogP contribution in [0.1, 0.15) is 34.5 Å². The lowest BCUT2D eigenvalue weighted by atomic mass is 9.90. The molecule has 4 rings (SSSR count). The summed E-state index contributed by atoms with van der Waals surface area (Å²) in [6, 6.07) is 17.1. The van der Waals surface area contributed by atoms with Gasteiger partial charge in [0.05, 0.1) is 36.4 Å². The van der Waals surface area contributed by atoms with Crippen molar-refractivity contribution in [1.82, 2.24) is 5.32 Å². The molecule has 3 aromatic rings. The summed E-state index contributed by atoms with van der Waals surface area (Å²) >= 11 is 1.39. The van der Waals surface area contributed by atoms with E-state index in [9.17, 15) is 4.79 Å². The van der Waals surface area contributed by atoms with Crippen LogP contribution < -0.4 is 14.8 Å². The molecule has 0 saturated carbocycles. The van der Waals surface area contributed by atoms with Gasteiger partial charge in [-0.3, -0.25) is 9.79 Å². The Morgan fingerprint density at radius 2 is 1.74 bits per heavy atom. The molecule has 6 nitrogen and oxygen atoms in total. The van der Waals surface area contributed by atoms with Gasteiger partial charge in [0.1, 0.15) is 5.84 Å². The van der Waals surface area contributed by atoms with E-state index in [4.69, 9.17) is 19.5 Å². The first-order valence-corrected chi connectivity index (χ1v) is 10.8. The molecular formula is C24H23N3O3S. The van der Waals surface area contributed by atoms with Crippen molar-refractivity contribution in [3.05, 3.63) is 70.4 Å². The molecular weight excluding hydrogens is 410 g/mol. The molecule has 1 N–H and O–H groups in total. The number of amidine groups is 1. The number of rotatable bonds is 5. The Hall–Kier alpha value is -3.45. The number of nitrogens with zero attached hydrogens (tertiary/aromatic N) is 2. The third kappa shape index (κ3) is 4.22. The average Bonchev–Trinajstić information content (AvgIpc) is 3.29. The van der Waals surface area contributed by atoms with Crippen molar-refractivity contribution in [3.8, 4) is 11.5 Å². The minimum Gasteiger partial charge on any atom is -0.493 e. The molecule has 1 aliphatic rings. The Morgan fingerprint density at radius 1 is 1.00 bits per heavy atom. The highest BCUT2D eigenvalue weighted by atomic mass is 32.1. The lowest BCUT2D eigenvalue weighted by Gasteiger charge is -2.21. The normalized spacial score (nSPS) is 15.3. The molecule has 2 aromatic carbocycles. The van der Waals surface area contributed by atoms with Gasteiger partial charge in [-0.05, 0) is 47.7 Å². The molecule has 0 aliphatic carbocycles. The number of thiophene rings is 1. The number of amides is 1. The maximum absolute atomic E-state index is 12.9. The number of nitrogens with one attached hydrogen (secondary N) is 1. The first-order chi connectivity index (χ1) is 15.1. The van der Waals surface area contributed by atoms with Crippen LogP contribution in [0, 0.1) is 0 Å². The number of hydrogen-bond acceptors (Lipinski definition) is 6. The predicted molar refractivity (Wildman–Crippen MR) is 125 cm³/mol. The Morgan fingerprint density at radius 3 is 2.39 bits per heavy atom. The maximum atomic E-state index is 12.9. The summed E-state index contributed by atoms with van der Waals surface area (Å²) in [6.45, 7) is 2.05. The minimum absolute atomic E-state index is 0.186. The first kappa shape index (κ1) is 20.8. The van der Waals surface area contributed by atoms with Crippen LogP contribution in [-0.2, 0) is 0 Å². The molecule has 2 heterocycles. The molecule has 0 unspecified atom stereocenters. The molecule has 1 atom stereocenters. The van der Waals surface area contributed by atoms with Gasteiger partial charge in [-0.25, -0.2) is 4.99 Å². The molecule has 0 saturated heterocycles. The third-order valence-corrected chi connectivity index (χ3v) is 5.95. The van der Waals surface area contributed by atoms with Crippen LogP contribution in [0.3, 0.4) is 0 Å². The highest BCUT2D eigenvalue weighted by Gasteiger charge is 2.29. The van der Waals surface area contributed by atoms with E-state index in [2.05, 4.69) is 12.2 Å². The summed E-state index contributed by atoms with van der Waals surface area (Å²) in [7, 11) is 3.21. The molecule has 0 spiro atoms. The second kappa shape index (κ2) is 9.14. The fraction of sp³-hybridized carbons (Fsp3) is 0.208. The molecule has 7 heteroatoms. The van der Waals surface area contributed by atoms with Crippen molar-refractivity contribution in [2.24, 2.45) is 9.98 Å². The Bertz CT molecular complexity index is 1150. The van der Waals surface area contributed by atoms with Gasteiger partial charge < -0.3 is 14.8 Å². The standard InChI is InChI=1S/C24H23N3O3S/c1-4-16-22(15-11-12-19(29-2)20(14-15)30-3)23(27-24(28)21-10-7-13-31-21)26-18-9-6-5-8-17(18)25-16/h5-14,22H,4H2,1-3H3,(H,26,27,28)/t22-/m1/s1. The zero-order valence-electron chi connectivity index (χ0n) is 17.6. The Labute approximate surface area is 185 Å². The van der Waals surface area contributed by atoms with Crippen LogP contribution in [-0.4, -0.2) is 31.7 Å². The fourth-order valence-electron chi connectivity index (χ4n) is 3.58. The van der Waals surface area contributed by atoms with E-state index in [-0.39, 0.29) is 11.8 Å². The molecule has 0 fully saturated rings. The number of ether oxygens (including phenoxy) is 2. The molecule has 0 radical (unpaired) electrons. The van der Waals surface area contributed by atoms with E-state index in [0.29, 0.717) is 28.6 Å². The van der Waals surface area contributed by atoms with Gasteiger partial charge in [-0.2, -0.15) is 0 Å². The Balaban J connectivity index is 1.85. The molecule has 1 aromatic heterocycles. The van der Waals surface area contributed by atoms with Crippen molar-refractivity contribution >= 4 is 40.2 Å². The summed E-state index contributed by atoms with van der Waals surface area (Å²) in [5.41, 5.74) is 3.32. The average molecular weight is 434 g/mol. The summed E-state index contributed by atoms with van der Waals surface area (Å²) in [5.74, 6) is 1.27. The maximum Gasteiger partial charge on any atom is 0.266 e. The number of carbonyl (C=O) groups excluding carboxylic acids is 1. The van der Waals surface area contributed by atoms with Crippen LogP contribution in [0.4, 0.5) is 11.4 Å². The van der Waals surface area contributed by atoms with E-state index in [0.717, 1.165) is 22.6 Å². The molecule has 1 amide bonds. The van der Waals surface area contributed by atoms with Crippen molar-refractivity contribution in [3.63, 3.8) is 0 Å². The van der Waals surface area contributed by atoms with Gasteiger partial charge in [-0.1, -0.05) is 31.2 Å². The highest BCUT2D eigenvalue weighted by Crippen LogP contribution is 2.37. The van der Waals surface area contributed by atoms with E-state index in [1.165, 1.54) is 11.3 Å². The van der Waals surface area contributed by atoms with E-state index >= 15 is 0 Å². The number of aliphatic imine (C=N–C) groups is 2. The zero-order valence-corrected chi connectivity index (χ0v) is 18.4. The van der Waals surface area contributed by atoms with E-state index in [1.807, 2.05) is 53.9 Å². The number of fused-ring (bicyclic) bond motifs is 1. The lowest BCUT2D eigenvalue weighted by Crippen LogP contribution is -2.37. The highest BCUT2D eigenvalue weighted by molar-refractivity contribution is 7.12. The van der Waals surface area contributed by atoms with E-state index < -0.39 is 0 Å². The van der Waals surface area contributed by atoms with Gasteiger partial charge in [0.15, 0.2) is 11.5 Å². The quantitative estimate of drug-likeness (QED) is 0.577. The predicted octanol–water partition coefficient (Wildman–Crippen LogP) is 5.51. The van der Waals surface area contributed by atoms with Crippen LogP contribution in [0.25, 0.3) is 0 Å². The van der Waals surface area contributed by atoms with Crippen molar-refractivity contribution in [1.29, 1.82) is 0 Å². The number of methoxy groups -OCH3 is 2. The van der Waals surface area contributed by atoms with Crippen LogP contribution in [0.2, 0.25) is 0 Å². The fourth-order valence-corrected chi connectivity index (χ4v) is 4.20. The minimum atomic E-state index is -0.332. The second-order valence-electron chi connectivity index (χ2n) is 6.92. The monoisotopic (exact) mass is 433 g/mol. The zero-order chi connectivity index (χ0) is 21.8. The van der Waals surface area contributed by atoms with Crippen LogP contribution >= 0.6 is 11.3 Å². The molecule has 0 bridgehead atoms. The molecule has 158 valence electrons. The summed E-state index contributed by atoms with van der Waals surface area (Å²) in [6.07, 6.45) is 0.696. The largest absolute Gasteiger partial charge is 0.493 e. The van der Waals surface area contributed by atoms with Crippen molar-refractivity contribution in [2.75, 3.05) is 14.2 Å². The number of para-hydroxylation sites is 2. The summed E-state index contributed by atoms with van der Waals surface area (Å²) < 4.78 is 10.9. The van der Waals surface area contributed by atoms with Crippen molar-refractivity contribution in [2.45, 2.75) is 19.3 Å². The van der Waals surface area contributed by atoms with Crippen LogP contribution in [0.5, 0.6) is 11.5 Å². The number of carbonyl (C=O) groups is 1. The lowest BCUT2D eigenvalue weighted by molar-refractivity contribution is 0.0980. The summed E-state index contributed by atoms with van der Waals surface area (Å²) in [4.78, 5) is 23.3. The number of benzene rings is 2. The third-order valence-electron chi connectivity index (χ3n) is 5.08. The van der Waals surface area contributed by atoms with Gasteiger partial charge in [0.2, 0.25) is 0 Å². The van der Waals surface area contributed by atoms with Crippen molar-refractivity contribution < 1.29 is 14.3 Å². The molecule has 31 heavy (non-hydrogen) atoms. The molecule has 1 aliphatic heterocycles. The topological polar surface area (TPSA) is 72.3 Å². The van der Waals surface area contributed by atoms with Gasteiger partial charge >= 0.3 is 0 Å². The van der Waals surface area contributed by atoms with Gasteiger partial charge in [-0.15, -0.1) is 11.3 Å². The Kier molecular flexibility index (Phi) is 6.13.